The van der Waals surface area contributed by atoms with Gasteiger partial charge in [0, 0.05) is 6.42 Å². The second kappa shape index (κ2) is 10.9. The number of hydrogen-bond donors (Lipinski definition) is 3. The number of carboxylic acids is 1. The van der Waals surface area contributed by atoms with Crippen molar-refractivity contribution in [2.45, 2.75) is 25.7 Å². The Morgan fingerprint density at radius 1 is 1.19 bits per heavy atom. The standard InChI is InChI=1S/C14H20N2O4.ClH/c15-9-5-1-2-8-13(17)16-10-20-12-7-4-3-6-11(12)14(18)19;/h3-4,6-7H,1-2,5,8-10,15H2,(H,16,17)(H,18,19);1H. The average Bonchev–Trinajstić information content (AvgIpc) is 2.44. The summed E-state index contributed by atoms with van der Waals surface area (Å²) in [6.45, 7) is 0.594. The molecule has 4 N–H and O–H groups in total. The topological polar surface area (TPSA) is 102 Å². The van der Waals surface area contributed by atoms with Crippen LogP contribution >= 0.6 is 12.4 Å². The molecule has 7 heteroatoms. The molecule has 0 heterocycles. The molecule has 0 saturated heterocycles. The predicted molar refractivity (Wildman–Crippen MR) is 81.8 cm³/mol. The quantitative estimate of drug-likeness (QED) is 0.476. The minimum atomic E-state index is -1.06. The number of benzene rings is 1. The second-order valence-corrected chi connectivity index (χ2v) is 4.29. The number of aromatic carboxylic acids is 1. The summed E-state index contributed by atoms with van der Waals surface area (Å²) < 4.78 is 5.26. The molecule has 1 amide bonds. The minimum Gasteiger partial charge on any atom is -0.478 e. The van der Waals surface area contributed by atoms with Crippen LogP contribution in [-0.4, -0.2) is 30.3 Å². The van der Waals surface area contributed by atoms with E-state index >= 15 is 0 Å². The number of halogens is 1. The van der Waals surface area contributed by atoms with Gasteiger partial charge in [0.2, 0.25) is 5.91 Å². The van der Waals surface area contributed by atoms with Gasteiger partial charge in [-0.15, -0.1) is 12.4 Å². The highest BCUT2D eigenvalue weighted by molar-refractivity contribution is 5.90. The van der Waals surface area contributed by atoms with Crippen LogP contribution in [-0.2, 0) is 4.79 Å². The summed E-state index contributed by atoms with van der Waals surface area (Å²) in [6, 6.07) is 6.30. The smallest absolute Gasteiger partial charge is 0.339 e. The van der Waals surface area contributed by atoms with Gasteiger partial charge in [-0.05, 0) is 31.5 Å². The van der Waals surface area contributed by atoms with Crippen LogP contribution in [0.3, 0.4) is 0 Å². The van der Waals surface area contributed by atoms with Gasteiger partial charge in [-0.3, -0.25) is 4.79 Å². The van der Waals surface area contributed by atoms with Gasteiger partial charge in [-0.2, -0.15) is 0 Å². The van der Waals surface area contributed by atoms with Crippen molar-refractivity contribution in [1.82, 2.24) is 5.32 Å². The number of carboxylic acid groups (broad SMARTS) is 1. The molecular weight excluding hydrogens is 296 g/mol. The maximum absolute atomic E-state index is 11.5. The third-order valence-corrected chi connectivity index (χ3v) is 2.72. The molecular formula is C14H21ClN2O4. The largest absolute Gasteiger partial charge is 0.478 e. The zero-order valence-corrected chi connectivity index (χ0v) is 12.5. The monoisotopic (exact) mass is 316 g/mol. The first-order chi connectivity index (χ1) is 9.65. The number of carbonyl (C=O) groups is 2. The van der Waals surface area contributed by atoms with E-state index in [9.17, 15) is 9.59 Å². The molecule has 0 aliphatic heterocycles. The molecule has 1 aromatic rings. The average molecular weight is 317 g/mol. The van der Waals surface area contributed by atoms with Crippen molar-refractivity contribution in [1.29, 1.82) is 0 Å². The maximum atomic E-state index is 11.5. The molecule has 0 aliphatic carbocycles. The van der Waals surface area contributed by atoms with Crippen LogP contribution in [0, 0.1) is 0 Å². The van der Waals surface area contributed by atoms with Crippen molar-refractivity contribution >= 4 is 24.3 Å². The number of ether oxygens (including phenoxy) is 1. The molecule has 0 aromatic heterocycles. The number of nitrogens with two attached hydrogens (primary N) is 1. The molecule has 0 saturated carbocycles. The Labute approximate surface area is 130 Å². The first-order valence-corrected chi connectivity index (χ1v) is 6.57. The Morgan fingerprint density at radius 3 is 2.57 bits per heavy atom. The van der Waals surface area contributed by atoms with Crippen LogP contribution in [0.2, 0.25) is 0 Å². The summed E-state index contributed by atoms with van der Waals surface area (Å²) in [4.78, 5) is 22.4. The highest BCUT2D eigenvalue weighted by Crippen LogP contribution is 2.17. The van der Waals surface area contributed by atoms with Crippen molar-refractivity contribution in [2.75, 3.05) is 13.3 Å². The van der Waals surface area contributed by atoms with Crippen LogP contribution < -0.4 is 15.8 Å². The molecule has 21 heavy (non-hydrogen) atoms. The van der Waals surface area contributed by atoms with Crippen molar-refractivity contribution in [3.63, 3.8) is 0 Å². The molecule has 0 unspecified atom stereocenters. The van der Waals surface area contributed by atoms with E-state index in [1.165, 1.54) is 6.07 Å². The van der Waals surface area contributed by atoms with Crippen LogP contribution in [0.15, 0.2) is 24.3 Å². The molecule has 0 spiro atoms. The maximum Gasteiger partial charge on any atom is 0.339 e. The lowest BCUT2D eigenvalue weighted by molar-refractivity contribution is -0.122. The predicted octanol–water partition coefficient (Wildman–Crippen LogP) is 1.78. The van der Waals surface area contributed by atoms with Gasteiger partial charge in [0.05, 0.1) is 0 Å². The normalized spacial score (nSPS) is 9.57. The van der Waals surface area contributed by atoms with Crippen LogP contribution in [0.4, 0.5) is 0 Å². The van der Waals surface area contributed by atoms with Gasteiger partial charge in [0.1, 0.15) is 11.3 Å². The molecule has 1 aromatic carbocycles. The molecule has 118 valence electrons. The SMILES string of the molecule is Cl.NCCCCCC(=O)NCOc1ccccc1C(=O)O. The third-order valence-electron chi connectivity index (χ3n) is 2.72. The Morgan fingerprint density at radius 2 is 1.90 bits per heavy atom. The summed E-state index contributed by atoms with van der Waals surface area (Å²) in [5, 5.41) is 11.6. The number of rotatable bonds is 9. The van der Waals surface area contributed by atoms with Crippen molar-refractivity contribution in [2.24, 2.45) is 5.73 Å². The van der Waals surface area contributed by atoms with E-state index in [4.69, 9.17) is 15.6 Å². The van der Waals surface area contributed by atoms with E-state index in [0.29, 0.717) is 13.0 Å². The number of unbranched alkanes of at least 4 members (excludes halogenated alkanes) is 2. The van der Waals surface area contributed by atoms with Crippen LogP contribution in [0.5, 0.6) is 5.75 Å². The molecule has 0 radical (unpaired) electrons. The molecule has 0 bridgehead atoms. The first kappa shape index (κ1) is 19.2. The minimum absolute atomic E-state index is 0. The molecule has 0 aliphatic rings. The first-order valence-electron chi connectivity index (χ1n) is 6.57. The number of para-hydroxylation sites is 1. The summed E-state index contributed by atoms with van der Waals surface area (Å²) in [5.74, 6) is -0.938. The van der Waals surface area contributed by atoms with Crippen molar-refractivity contribution in [3.05, 3.63) is 29.8 Å². The second-order valence-electron chi connectivity index (χ2n) is 4.29. The molecule has 1 rings (SSSR count). The number of amides is 1. The Balaban J connectivity index is 0.00000400. The highest BCUT2D eigenvalue weighted by atomic mass is 35.5. The van der Waals surface area contributed by atoms with E-state index in [-0.39, 0.29) is 36.4 Å². The lowest BCUT2D eigenvalue weighted by atomic mass is 10.2. The number of hydrogen-bond acceptors (Lipinski definition) is 4. The van der Waals surface area contributed by atoms with E-state index in [2.05, 4.69) is 5.32 Å². The lowest BCUT2D eigenvalue weighted by Crippen LogP contribution is -2.27. The fraction of sp³-hybridized carbons (Fsp3) is 0.429. The van der Waals surface area contributed by atoms with Crippen LogP contribution in [0.1, 0.15) is 36.0 Å². The summed E-state index contributed by atoms with van der Waals surface area (Å²) in [5.41, 5.74) is 5.43. The van der Waals surface area contributed by atoms with Gasteiger partial charge < -0.3 is 20.9 Å². The molecule has 6 nitrogen and oxygen atoms in total. The summed E-state index contributed by atoms with van der Waals surface area (Å²) in [6.07, 6.45) is 3.04. The van der Waals surface area contributed by atoms with Crippen LogP contribution in [0.25, 0.3) is 0 Å². The van der Waals surface area contributed by atoms with Gasteiger partial charge in [-0.1, -0.05) is 18.6 Å². The lowest BCUT2D eigenvalue weighted by Gasteiger charge is -2.10. The Kier molecular flexibility index (Phi) is 10.0. The van der Waals surface area contributed by atoms with E-state index in [0.717, 1.165) is 19.3 Å². The van der Waals surface area contributed by atoms with E-state index in [1.807, 2.05) is 0 Å². The zero-order valence-electron chi connectivity index (χ0n) is 11.7. The van der Waals surface area contributed by atoms with Crippen molar-refractivity contribution < 1.29 is 19.4 Å². The van der Waals surface area contributed by atoms with E-state index < -0.39 is 5.97 Å². The summed E-state index contributed by atoms with van der Waals surface area (Å²) in [7, 11) is 0. The molecule has 0 fully saturated rings. The zero-order chi connectivity index (χ0) is 14.8. The van der Waals surface area contributed by atoms with Gasteiger partial charge in [0.15, 0.2) is 6.73 Å². The van der Waals surface area contributed by atoms with Gasteiger partial charge >= 0.3 is 5.97 Å². The third kappa shape index (κ3) is 7.53. The number of carbonyl (C=O) groups excluding carboxylic acids is 1. The fourth-order valence-electron chi connectivity index (χ4n) is 1.66. The Hall–Kier alpha value is -1.79. The Bertz CT molecular complexity index is 454. The van der Waals surface area contributed by atoms with Crippen molar-refractivity contribution in [3.8, 4) is 5.75 Å². The number of nitrogens with one attached hydrogen (secondary N) is 1. The highest BCUT2D eigenvalue weighted by Gasteiger charge is 2.10. The molecule has 0 atom stereocenters. The van der Waals surface area contributed by atoms with Gasteiger partial charge in [0.25, 0.3) is 0 Å². The van der Waals surface area contributed by atoms with E-state index in [1.54, 1.807) is 18.2 Å². The van der Waals surface area contributed by atoms with Gasteiger partial charge in [-0.25, -0.2) is 4.79 Å². The fourth-order valence-corrected chi connectivity index (χ4v) is 1.66. The summed E-state index contributed by atoms with van der Waals surface area (Å²) >= 11 is 0.